The third-order valence-electron chi connectivity index (χ3n) is 5.14. The molecule has 2 saturated carbocycles. The Morgan fingerprint density at radius 3 is 2.43 bits per heavy atom. The van der Waals surface area contributed by atoms with Crippen LogP contribution in [0.5, 0.6) is 0 Å². The molecule has 2 unspecified atom stereocenters. The van der Waals surface area contributed by atoms with Crippen LogP contribution in [0.4, 0.5) is 0 Å². The van der Waals surface area contributed by atoms with Crippen LogP contribution in [0.2, 0.25) is 0 Å². The molecule has 2 atom stereocenters. The van der Waals surface area contributed by atoms with Crippen molar-refractivity contribution in [2.24, 2.45) is 5.92 Å². The van der Waals surface area contributed by atoms with E-state index in [1.165, 1.54) is 18.4 Å². The van der Waals surface area contributed by atoms with Crippen LogP contribution in [-0.4, -0.2) is 18.0 Å². The van der Waals surface area contributed by atoms with E-state index in [0.29, 0.717) is 18.3 Å². The molecule has 0 amide bonds. The fourth-order valence-electron chi connectivity index (χ4n) is 3.93. The fraction of sp³-hybridized carbons (Fsp3) is 0.632. The number of Topliss-reactive ketones (excluding diaryl/α,β-unsaturated/α-hetero) is 1. The number of rotatable bonds is 5. The third-order valence-corrected chi connectivity index (χ3v) is 5.14. The lowest BCUT2D eigenvalue weighted by atomic mass is 9.86. The molecule has 0 heterocycles. The number of ketones is 1. The predicted molar refractivity (Wildman–Crippen MR) is 84.4 cm³/mol. The number of ether oxygens (including phenoxy) is 1. The zero-order valence-electron chi connectivity index (χ0n) is 13.0. The third kappa shape index (κ3) is 3.06. The van der Waals surface area contributed by atoms with Gasteiger partial charge in [0, 0.05) is 12.5 Å². The first-order chi connectivity index (χ1) is 10.3. The maximum absolute atomic E-state index is 13.1. The Morgan fingerprint density at radius 1 is 1.14 bits per heavy atom. The zero-order chi connectivity index (χ0) is 14.7. The summed E-state index contributed by atoms with van der Waals surface area (Å²) < 4.78 is 6.05. The van der Waals surface area contributed by atoms with Crippen LogP contribution in [0.3, 0.4) is 0 Å². The topological polar surface area (TPSA) is 26.3 Å². The molecule has 0 bridgehead atoms. The molecule has 0 aromatic heterocycles. The number of hydrogen-bond donors (Lipinski definition) is 0. The summed E-state index contributed by atoms with van der Waals surface area (Å²) in [5.41, 5.74) is 0.843. The molecule has 0 N–H and O–H groups in total. The molecule has 0 radical (unpaired) electrons. The Bertz CT molecular complexity index is 472. The van der Waals surface area contributed by atoms with Crippen molar-refractivity contribution >= 4 is 5.78 Å². The van der Waals surface area contributed by atoms with Crippen molar-refractivity contribution in [3.63, 3.8) is 0 Å². The normalized spacial score (nSPS) is 27.9. The fourth-order valence-corrected chi connectivity index (χ4v) is 3.93. The molecule has 21 heavy (non-hydrogen) atoms. The Kier molecular flexibility index (Phi) is 4.44. The first kappa shape index (κ1) is 14.8. The standard InChI is InChI=1S/C19H26O2/c1-2-21-19(12-8-3-4-9-13-19)18(20)17-14-16(17)15-10-6-5-7-11-15/h5-7,10-11,16-17H,2-4,8-9,12-14H2,1H3. The highest BCUT2D eigenvalue weighted by Crippen LogP contribution is 2.51. The second-order valence-corrected chi connectivity index (χ2v) is 6.57. The molecule has 1 aromatic rings. The van der Waals surface area contributed by atoms with Crippen LogP contribution in [0.25, 0.3) is 0 Å². The molecule has 0 spiro atoms. The van der Waals surface area contributed by atoms with Crippen LogP contribution in [-0.2, 0) is 9.53 Å². The number of benzene rings is 1. The Morgan fingerprint density at radius 2 is 1.81 bits per heavy atom. The minimum absolute atomic E-state index is 0.192. The molecule has 2 aliphatic carbocycles. The van der Waals surface area contributed by atoms with E-state index in [1.807, 2.05) is 13.0 Å². The lowest BCUT2D eigenvalue weighted by molar-refractivity contribution is -0.148. The number of carbonyl (C=O) groups excluding carboxylic acids is 1. The molecule has 0 saturated heterocycles. The molecule has 1 aromatic carbocycles. The molecule has 114 valence electrons. The maximum Gasteiger partial charge on any atom is 0.168 e. The van der Waals surface area contributed by atoms with Crippen molar-refractivity contribution in [2.75, 3.05) is 6.61 Å². The first-order valence-electron chi connectivity index (χ1n) is 8.50. The smallest absolute Gasteiger partial charge is 0.168 e. The Balaban J connectivity index is 1.73. The second kappa shape index (κ2) is 6.31. The summed E-state index contributed by atoms with van der Waals surface area (Å²) in [6, 6.07) is 10.5. The summed E-state index contributed by atoms with van der Waals surface area (Å²) >= 11 is 0. The summed E-state index contributed by atoms with van der Waals surface area (Å²) in [5, 5.41) is 0. The van der Waals surface area contributed by atoms with Gasteiger partial charge >= 0.3 is 0 Å². The van der Waals surface area contributed by atoms with Crippen molar-refractivity contribution in [3.05, 3.63) is 35.9 Å². The van der Waals surface area contributed by atoms with Gasteiger partial charge in [-0.2, -0.15) is 0 Å². The van der Waals surface area contributed by atoms with E-state index in [1.54, 1.807) is 0 Å². The van der Waals surface area contributed by atoms with Crippen LogP contribution < -0.4 is 0 Å². The summed E-state index contributed by atoms with van der Waals surface area (Å²) in [6.45, 7) is 2.66. The summed E-state index contributed by atoms with van der Waals surface area (Å²) in [6.07, 6.45) is 7.62. The van der Waals surface area contributed by atoms with Crippen LogP contribution in [0.1, 0.15) is 63.4 Å². The van der Waals surface area contributed by atoms with Crippen LogP contribution in [0.15, 0.2) is 30.3 Å². The van der Waals surface area contributed by atoms with Gasteiger partial charge in [0.05, 0.1) is 0 Å². The second-order valence-electron chi connectivity index (χ2n) is 6.57. The quantitative estimate of drug-likeness (QED) is 0.746. The highest BCUT2D eigenvalue weighted by Gasteiger charge is 2.52. The van der Waals surface area contributed by atoms with E-state index in [0.717, 1.165) is 32.1 Å². The molecule has 0 aliphatic heterocycles. The molecule has 3 rings (SSSR count). The zero-order valence-corrected chi connectivity index (χ0v) is 13.0. The van der Waals surface area contributed by atoms with Gasteiger partial charge in [-0.1, -0.05) is 56.0 Å². The monoisotopic (exact) mass is 286 g/mol. The molecular weight excluding hydrogens is 260 g/mol. The highest BCUT2D eigenvalue weighted by molar-refractivity contribution is 5.92. The lowest BCUT2D eigenvalue weighted by Gasteiger charge is -2.31. The van der Waals surface area contributed by atoms with Crippen LogP contribution >= 0.6 is 0 Å². The van der Waals surface area contributed by atoms with Gasteiger partial charge in [0.25, 0.3) is 0 Å². The molecule has 2 aliphatic rings. The first-order valence-corrected chi connectivity index (χ1v) is 8.50. The lowest BCUT2D eigenvalue weighted by Crippen LogP contribution is -2.42. The minimum Gasteiger partial charge on any atom is -0.367 e. The summed E-state index contributed by atoms with van der Waals surface area (Å²) in [4.78, 5) is 13.1. The molecule has 2 heteroatoms. The van der Waals surface area contributed by atoms with Gasteiger partial charge < -0.3 is 4.74 Å². The van der Waals surface area contributed by atoms with Crippen LogP contribution in [0, 0.1) is 5.92 Å². The van der Waals surface area contributed by atoms with E-state index < -0.39 is 5.60 Å². The largest absolute Gasteiger partial charge is 0.367 e. The molecular formula is C19H26O2. The average Bonchev–Trinajstić information content (AvgIpc) is 3.32. The molecule has 2 nitrogen and oxygen atoms in total. The Labute approximate surface area is 127 Å². The van der Waals surface area contributed by atoms with Crippen molar-refractivity contribution in [3.8, 4) is 0 Å². The van der Waals surface area contributed by atoms with E-state index in [4.69, 9.17) is 4.74 Å². The maximum atomic E-state index is 13.1. The van der Waals surface area contributed by atoms with Gasteiger partial charge in [0.2, 0.25) is 0 Å². The van der Waals surface area contributed by atoms with E-state index >= 15 is 0 Å². The highest BCUT2D eigenvalue weighted by atomic mass is 16.5. The average molecular weight is 286 g/mol. The van der Waals surface area contributed by atoms with Gasteiger partial charge in [-0.05, 0) is 37.7 Å². The SMILES string of the molecule is CCOC1(C(=O)C2CC2c2ccccc2)CCCCCC1. The van der Waals surface area contributed by atoms with Crippen molar-refractivity contribution in [1.29, 1.82) is 0 Å². The van der Waals surface area contributed by atoms with Crippen molar-refractivity contribution < 1.29 is 9.53 Å². The predicted octanol–water partition coefficient (Wildman–Crippen LogP) is 4.49. The number of hydrogen-bond acceptors (Lipinski definition) is 2. The van der Waals surface area contributed by atoms with Gasteiger partial charge in [0.1, 0.15) is 5.60 Å². The van der Waals surface area contributed by atoms with E-state index in [-0.39, 0.29) is 5.92 Å². The summed E-state index contributed by atoms with van der Waals surface area (Å²) in [7, 11) is 0. The minimum atomic E-state index is -0.473. The van der Waals surface area contributed by atoms with E-state index in [9.17, 15) is 4.79 Å². The molecule has 2 fully saturated rings. The number of carbonyl (C=O) groups is 1. The van der Waals surface area contributed by atoms with Crippen molar-refractivity contribution in [2.45, 2.75) is 63.4 Å². The van der Waals surface area contributed by atoms with Gasteiger partial charge in [0.15, 0.2) is 5.78 Å². The Hall–Kier alpha value is -1.15. The van der Waals surface area contributed by atoms with Gasteiger partial charge in [-0.15, -0.1) is 0 Å². The summed E-state index contributed by atoms with van der Waals surface area (Å²) in [5.74, 6) is 1.01. The van der Waals surface area contributed by atoms with Gasteiger partial charge in [-0.25, -0.2) is 0 Å². The van der Waals surface area contributed by atoms with Crippen molar-refractivity contribution in [1.82, 2.24) is 0 Å². The van der Waals surface area contributed by atoms with Gasteiger partial charge in [-0.3, -0.25) is 4.79 Å². The van der Waals surface area contributed by atoms with E-state index in [2.05, 4.69) is 24.3 Å².